The van der Waals surface area contributed by atoms with Gasteiger partial charge in [-0.1, -0.05) is 36.4 Å². The molecule has 1 aliphatic rings. The lowest BCUT2D eigenvalue weighted by Gasteiger charge is -2.34. The number of hydrogen-bond donors (Lipinski definition) is 0. The van der Waals surface area contributed by atoms with Gasteiger partial charge in [0.2, 0.25) is 0 Å². The van der Waals surface area contributed by atoms with Crippen molar-refractivity contribution < 1.29 is 4.79 Å². The summed E-state index contributed by atoms with van der Waals surface area (Å²) in [5, 5.41) is 0. The van der Waals surface area contributed by atoms with Crippen molar-refractivity contribution in [2.45, 2.75) is 12.8 Å². The second-order valence-electron chi connectivity index (χ2n) is 6.33. The van der Waals surface area contributed by atoms with Crippen molar-refractivity contribution in [1.29, 1.82) is 0 Å². The Bertz CT molecular complexity index is 646. The van der Waals surface area contributed by atoms with E-state index in [1.165, 1.54) is 16.8 Å². The van der Waals surface area contributed by atoms with Crippen LogP contribution in [0.1, 0.15) is 16.7 Å². The third-order valence-electron chi connectivity index (χ3n) is 4.48. The van der Waals surface area contributed by atoms with Gasteiger partial charge >= 0.3 is 0 Å². The third kappa shape index (κ3) is 4.20. The maximum Gasteiger partial charge on any atom is 0.124 e. The van der Waals surface area contributed by atoms with Crippen LogP contribution in [0.25, 0.3) is 0 Å². The summed E-state index contributed by atoms with van der Waals surface area (Å²) >= 11 is 0. The normalized spacial score (nSPS) is 15.6. The zero-order chi connectivity index (χ0) is 16.1. The van der Waals surface area contributed by atoms with Crippen LogP contribution in [0, 0.1) is 0 Å². The molecule has 0 spiro atoms. The molecular weight excluding hydrogens is 284 g/mol. The van der Waals surface area contributed by atoms with Crippen molar-refractivity contribution in [2.24, 2.45) is 0 Å². The van der Waals surface area contributed by atoms with E-state index in [1.54, 1.807) is 0 Å². The summed E-state index contributed by atoms with van der Waals surface area (Å²) in [5.41, 5.74) is 4.95. The molecule has 0 aromatic heterocycles. The second kappa shape index (κ2) is 7.42. The number of benzene rings is 2. The van der Waals surface area contributed by atoms with E-state index in [2.05, 4.69) is 59.3 Å². The third-order valence-corrected chi connectivity index (χ3v) is 4.48. The van der Waals surface area contributed by atoms with E-state index in [9.17, 15) is 4.79 Å². The van der Waals surface area contributed by atoms with Gasteiger partial charge in [0.05, 0.1) is 0 Å². The molecule has 0 atom stereocenters. The highest BCUT2D eigenvalue weighted by Crippen LogP contribution is 2.23. The molecule has 1 heterocycles. The summed E-state index contributed by atoms with van der Waals surface area (Å²) in [6, 6.07) is 17.1. The summed E-state index contributed by atoms with van der Waals surface area (Å²) in [5.74, 6) is 0. The maximum atomic E-state index is 11.0. The molecule has 0 saturated carbocycles. The second-order valence-corrected chi connectivity index (χ2v) is 6.33. The van der Waals surface area contributed by atoms with Gasteiger partial charge in [-0.25, -0.2) is 0 Å². The van der Waals surface area contributed by atoms with Gasteiger partial charge in [-0.3, -0.25) is 0 Å². The highest BCUT2D eigenvalue weighted by molar-refractivity contribution is 5.60. The van der Waals surface area contributed by atoms with Crippen LogP contribution in [0.15, 0.2) is 48.5 Å². The number of aldehydes is 1. The van der Waals surface area contributed by atoms with E-state index in [1.807, 2.05) is 6.07 Å². The van der Waals surface area contributed by atoms with Crippen LogP contribution in [0.4, 0.5) is 5.69 Å². The first-order valence-corrected chi connectivity index (χ1v) is 8.28. The minimum atomic E-state index is 0.489. The predicted octanol–water partition coefficient (Wildman–Crippen LogP) is 2.77. The fourth-order valence-electron chi connectivity index (χ4n) is 3.14. The van der Waals surface area contributed by atoms with Gasteiger partial charge in [0, 0.05) is 38.3 Å². The quantitative estimate of drug-likeness (QED) is 0.794. The molecule has 0 bridgehead atoms. The molecular formula is C20H24N2O. The average molecular weight is 308 g/mol. The van der Waals surface area contributed by atoms with E-state index in [0.717, 1.165) is 44.4 Å². The van der Waals surface area contributed by atoms with E-state index in [4.69, 9.17) is 0 Å². The van der Waals surface area contributed by atoms with Gasteiger partial charge in [-0.05, 0) is 42.3 Å². The van der Waals surface area contributed by atoms with Crippen molar-refractivity contribution in [3.63, 3.8) is 0 Å². The Hall–Kier alpha value is -2.13. The average Bonchev–Trinajstić information content (AvgIpc) is 2.56. The van der Waals surface area contributed by atoms with Crippen LogP contribution in [-0.2, 0) is 17.6 Å². The largest absolute Gasteiger partial charge is 0.369 e. The Morgan fingerprint density at radius 3 is 2.30 bits per heavy atom. The molecule has 0 aliphatic carbocycles. The molecule has 1 saturated heterocycles. The molecule has 2 aromatic carbocycles. The first-order chi connectivity index (χ1) is 11.2. The summed E-state index contributed by atoms with van der Waals surface area (Å²) in [6.07, 6.45) is 2.40. The number of carbonyl (C=O) groups is 1. The fourth-order valence-corrected chi connectivity index (χ4v) is 3.14. The van der Waals surface area contributed by atoms with E-state index in [0.29, 0.717) is 6.42 Å². The number of carbonyl (C=O) groups excluding carboxylic acids is 1. The molecule has 23 heavy (non-hydrogen) atoms. The Labute approximate surface area is 138 Å². The van der Waals surface area contributed by atoms with Gasteiger partial charge < -0.3 is 14.6 Å². The molecule has 1 fully saturated rings. The lowest BCUT2D eigenvalue weighted by Crippen LogP contribution is -2.44. The Balaban J connectivity index is 1.85. The number of anilines is 1. The SMILES string of the molecule is CN1CCN(c2cc(CC=O)cc(Cc3ccccc3)c2)CC1. The van der Waals surface area contributed by atoms with Crippen LogP contribution in [-0.4, -0.2) is 44.4 Å². The Morgan fingerprint density at radius 1 is 0.913 bits per heavy atom. The van der Waals surface area contributed by atoms with Gasteiger partial charge in [-0.2, -0.15) is 0 Å². The lowest BCUT2D eigenvalue weighted by atomic mass is 10.00. The van der Waals surface area contributed by atoms with Crippen molar-refractivity contribution in [2.75, 3.05) is 38.1 Å². The molecule has 0 radical (unpaired) electrons. The van der Waals surface area contributed by atoms with Crippen LogP contribution >= 0.6 is 0 Å². The zero-order valence-electron chi connectivity index (χ0n) is 13.7. The summed E-state index contributed by atoms with van der Waals surface area (Å²) in [4.78, 5) is 15.7. The summed E-state index contributed by atoms with van der Waals surface area (Å²) in [6.45, 7) is 4.27. The summed E-state index contributed by atoms with van der Waals surface area (Å²) in [7, 11) is 2.17. The minimum absolute atomic E-state index is 0.489. The number of piperazine rings is 1. The van der Waals surface area contributed by atoms with E-state index < -0.39 is 0 Å². The zero-order valence-corrected chi connectivity index (χ0v) is 13.7. The number of hydrogen-bond acceptors (Lipinski definition) is 3. The van der Waals surface area contributed by atoms with Gasteiger partial charge in [0.1, 0.15) is 6.29 Å². The molecule has 1 aliphatic heterocycles. The minimum Gasteiger partial charge on any atom is -0.369 e. The number of nitrogens with zero attached hydrogens (tertiary/aromatic N) is 2. The van der Waals surface area contributed by atoms with Crippen molar-refractivity contribution in [3.8, 4) is 0 Å². The van der Waals surface area contributed by atoms with E-state index in [-0.39, 0.29) is 0 Å². The van der Waals surface area contributed by atoms with Crippen molar-refractivity contribution >= 4 is 12.0 Å². The number of rotatable bonds is 5. The Kier molecular flexibility index (Phi) is 5.09. The first-order valence-electron chi connectivity index (χ1n) is 8.28. The monoisotopic (exact) mass is 308 g/mol. The van der Waals surface area contributed by atoms with Crippen LogP contribution in [0.2, 0.25) is 0 Å². The molecule has 0 N–H and O–H groups in total. The van der Waals surface area contributed by atoms with Crippen LogP contribution in [0.3, 0.4) is 0 Å². The van der Waals surface area contributed by atoms with Crippen LogP contribution < -0.4 is 4.90 Å². The van der Waals surface area contributed by atoms with Gasteiger partial charge in [0.25, 0.3) is 0 Å². The van der Waals surface area contributed by atoms with Crippen molar-refractivity contribution in [3.05, 3.63) is 65.2 Å². The predicted molar refractivity (Wildman–Crippen MR) is 95.2 cm³/mol. The molecule has 3 heteroatoms. The standard InChI is InChI=1S/C20H24N2O/c1-21-8-10-22(11-9-21)20-15-18(7-12-23)14-19(16-20)13-17-5-3-2-4-6-17/h2-6,12,14-16H,7-11,13H2,1H3. The summed E-state index contributed by atoms with van der Waals surface area (Å²) < 4.78 is 0. The molecule has 2 aromatic rings. The van der Waals surface area contributed by atoms with Crippen LogP contribution in [0.5, 0.6) is 0 Å². The van der Waals surface area contributed by atoms with Gasteiger partial charge in [0.15, 0.2) is 0 Å². The van der Waals surface area contributed by atoms with E-state index >= 15 is 0 Å². The highest BCUT2D eigenvalue weighted by Gasteiger charge is 2.15. The molecule has 3 rings (SSSR count). The maximum absolute atomic E-state index is 11.0. The molecule has 0 amide bonds. The Morgan fingerprint density at radius 2 is 1.61 bits per heavy atom. The van der Waals surface area contributed by atoms with Gasteiger partial charge in [-0.15, -0.1) is 0 Å². The molecule has 3 nitrogen and oxygen atoms in total. The molecule has 0 unspecified atom stereocenters. The molecule has 120 valence electrons. The topological polar surface area (TPSA) is 23.6 Å². The fraction of sp³-hybridized carbons (Fsp3) is 0.350. The first kappa shape index (κ1) is 15.8. The number of likely N-dealkylation sites (N-methyl/N-ethyl adjacent to an activating group) is 1. The smallest absolute Gasteiger partial charge is 0.124 e. The van der Waals surface area contributed by atoms with Crippen molar-refractivity contribution in [1.82, 2.24) is 4.90 Å². The highest BCUT2D eigenvalue weighted by atomic mass is 16.1. The lowest BCUT2D eigenvalue weighted by molar-refractivity contribution is -0.107.